The third-order valence-electron chi connectivity index (χ3n) is 5.20. The summed E-state index contributed by atoms with van der Waals surface area (Å²) in [4.78, 5) is 2.32. The van der Waals surface area contributed by atoms with E-state index in [2.05, 4.69) is 36.7 Å². The highest BCUT2D eigenvalue weighted by Crippen LogP contribution is 2.26. The lowest BCUT2D eigenvalue weighted by atomic mass is 9.95. The van der Waals surface area contributed by atoms with Gasteiger partial charge in [0.05, 0.1) is 5.69 Å². The van der Waals surface area contributed by atoms with Gasteiger partial charge in [-0.3, -0.25) is 4.40 Å². The van der Waals surface area contributed by atoms with Crippen molar-refractivity contribution in [1.82, 2.24) is 24.8 Å². The Kier molecular flexibility index (Phi) is 3.50. The van der Waals surface area contributed by atoms with Crippen LogP contribution in [0.4, 0.5) is 11.8 Å². The first kappa shape index (κ1) is 14.6. The Morgan fingerprint density at radius 2 is 1.96 bits per heavy atom. The average molecular weight is 335 g/mol. The second-order valence-corrected chi connectivity index (χ2v) is 6.99. The summed E-state index contributed by atoms with van der Waals surface area (Å²) < 4.78 is 1.98. The first-order valence-electron chi connectivity index (χ1n) is 9.01. The van der Waals surface area contributed by atoms with Gasteiger partial charge in [-0.05, 0) is 49.4 Å². The van der Waals surface area contributed by atoms with Gasteiger partial charge in [0, 0.05) is 31.7 Å². The maximum atomic E-state index is 4.44. The van der Waals surface area contributed by atoms with Gasteiger partial charge in [0.2, 0.25) is 5.95 Å². The summed E-state index contributed by atoms with van der Waals surface area (Å²) in [5.41, 5.74) is 3.46. The molecule has 4 heterocycles. The molecule has 128 valence electrons. The van der Waals surface area contributed by atoms with E-state index in [4.69, 9.17) is 0 Å². The molecular formula is C18H21N7. The first-order chi connectivity index (χ1) is 12.4. The fraction of sp³-hybridized carbons (Fsp3) is 0.444. The van der Waals surface area contributed by atoms with Gasteiger partial charge in [0.1, 0.15) is 0 Å². The van der Waals surface area contributed by atoms with E-state index in [9.17, 15) is 0 Å². The summed E-state index contributed by atoms with van der Waals surface area (Å²) in [6.07, 6.45) is 6.73. The minimum absolute atomic E-state index is 0.592. The molecule has 5 rings (SSSR count). The monoisotopic (exact) mass is 335 g/mol. The van der Waals surface area contributed by atoms with Crippen LogP contribution in [0.15, 0.2) is 30.5 Å². The van der Waals surface area contributed by atoms with E-state index in [1.54, 1.807) is 0 Å². The van der Waals surface area contributed by atoms with Crippen molar-refractivity contribution in [2.75, 3.05) is 29.9 Å². The number of rotatable bonds is 4. The number of anilines is 2. The van der Waals surface area contributed by atoms with Crippen molar-refractivity contribution in [2.45, 2.75) is 25.7 Å². The van der Waals surface area contributed by atoms with Crippen molar-refractivity contribution in [2.24, 2.45) is 5.92 Å². The second-order valence-electron chi connectivity index (χ2n) is 6.99. The zero-order valence-corrected chi connectivity index (χ0v) is 14.1. The van der Waals surface area contributed by atoms with E-state index in [-0.39, 0.29) is 0 Å². The summed E-state index contributed by atoms with van der Waals surface area (Å²) in [6, 6.07) is 8.16. The number of hydrogen-bond acceptors (Lipinski definition) is 6. The number of pyridine rings is 1. The van der Waals surface area contributed by atoms with Crippen LogP contribution in [0.2, 0.25) is 0 Å². The molecule has 3 aromatic rings. The van der Waals surface area contributed by atoms with E-state index in [0.29, 0.717) is 5.92 Å². The average Bonchev–Trinajstić information content (AvgIpc) is 3.03. The zero-order chi connectivity index (χ0) is 16.6. The molecule has 0 saturated carbocycles. The Labute approximate surface area is 146 Å². The largest absolute Gasteiger partial charge is 0.354 e. The lowest BCUT2D eigenvalue weighted by Crippen LogP contribution is -2.50. The summed E-state index contributed by atoms with van der Waals surface area (Å²) in [5, 5.41) is 20.7. The van der Waals surface area contributed by atoms with E-state index in [0.717, 1.165) is 49.9 Å². The van der Waals surface area contributed by atoms with Crippen molar-refractivity contribution in [3.05, 3.63) is 41.7 Å². The summed E-state index contributed by atoms with van der Waals surface area (Å²) in [7, 11) is 0. The number of aromatic nitrogens is 5. The molecule has 0 bridgehead atoms. The molecule has 3 aromatic heterocycles. The predicted octanol–water partition coefficient (Wildman–Crippen LogP) is 1.95. The van der Waals surface area contributed by atoms with Crippen molar-refractivity contribution in [3.8, 4) is 0 Å². The van der Waals surface area contributed by atoms with Crippen LogP contribution >= 0.6 is 0 Å². The molecule has 7 heteroatoms. The van der Waals surface area contributed by atoms with E-state index >= 15 is 0 Å². The maximum absolute atomic E-state index is 4.44. The summed E-state index contributed by atoms with van der Waals surface area (Å²) in [6.45, 7) is 2.92. The molecular weight excluding hydrogens is 314 g/mol. The normalized spacial score (nSPS) is 17.4. The van der Waals surface area contributed by atoms with Crippen molar-refractivity contribution in [1.29, 1.82) is 0 Å². The minimum Gasteiger partial charge on any atom is -0.354 e. The van der Waals surface area contributed by atoms with Crippen LogP contribution in [0.5, 0.6) is 0 Å². The summed E-state index contributed by atoms with van der Waals surface area (Å²) >= 11 is 0. The van der Waals surface area contributed by atoms with Gasteiger partial charge in [-0.1, -0.05) is 6.07 Å². The molecule has 7 nitrogen and oxygen atoms in total. The number of hydrogen-bond donors (Lipinski definition) is 1. The highest BCUT2D eigenvalue weighted by molar-refractivity contribution is 5.46. The lowest BCUT2D eigenvalue weighted by Gasteiger charge is -2.40. The van der Waals surface area contributed by atoms with Crippen LogP contribution in [0, 0.1) is 5.92 Å². The molecule has 25 heavy (non-hydrogen) atoms. The van der Waals surface area contributed by atoms with Gasteiger partial charge in [-0.25, -0.2) is 0 Å². The molecule has 1 N–H and O–H groups in total. The predicted molar refractivity (Wildman–Crippen MR) is 95.9 cm³/mol. The van der Waals surface area contributed by atoms with Gasteiger partial charge >= 0.3 is 0 Å². The van der Waals surface area contributed by atoms with Gasteiger partial charge in [-0.15, -0.1) is 15.3 Å². The fourth-order valence-electron chi connectivity index (χ4n) is 3.72. The lowest BCUT2D eigenvalue weighted by molar-refractivity contribution is 0.424. The Hall–Kier alpha value is -2.70. The molecule has 0 aromatic carbocycles. The quantitative estimate of drug-likeness (QED) is 0.786. The Bertz CT molecular complexity index is 897. The van der Waals surface area contributed by atoms with Crippen LogP contribution in [0.3, 0.4) is 0 Å². The Balaban J connectivity index is 1.19. The standard InChI is InChI=1S/C18H21N7/c1-2-6-15-14(5-1)9-17(22-20-15)24-11-13(12-24)10-19-18-23-21-16-7-3-4-8-25(16)18/h3-4,7-9,13H,1-2,5-6,10-12H2,(H,19,23). The molecule has 2 aliphatic rings. The molecule has 1 saturated heterocycles. The van der Waals surface area contributed by atoms with E-state index < -0.39 is 0 Å². The third-order valence-corrected chi connectivity index (χ3v) is 5.20. The molecule has 0 unspecified atom stereocenters. The van der Waals surface area contributed by atoms with Gasteiger partial charge in [-0.2, -0.15) is 5.10 Å². The number of nitrogens with zero attached hydrogens (tertiary/aromatic N) is 6. The van der Waals surface area contributed by atoms with Crippen LogP contribution in [0.25, 0.3) is 5.65 Å². The molecule has 0 atom stereocenters. The maximum Gasteiger partial charge on any atom is 0.229 e. The van der Waals surface area contributed by atoms with Crippen molar-refractivity contribution < 1.29 is 0 Å². The second kappa shape index (κ2) is 5.98. The molecule has 1 aliphatic heterocycles. The topological polar surface area (TPSA) is 71.2 Å². The van der Waals surface area contributed by atoms with Crippen LogP contribution in [0.1, 0.15) is 24.1 Å². The SMILES string of the molecule is c1ccn2c(NCC3CN(c4cc5c(nn4)CCCC5)C3)nnc2c1. The molecule has 0 amide bonds. The number of nitrogens with one attached hydrogen (secondary N) is 1. The zero-order valence-electron chi connectivity index (χ0n) is 14.1. The van der Waals surface area contributed by atoms with Crippen LogP contribution in [-0.2, 0) is 12.8 Å². The molecule has 0 spiro atoms. The van der Waals surface area contributed by atoms with Crippen LogP contribution in [-0.4, -0.2) is 44.4 Å². The third kappa shape index (κ3) is 2.69. The van der Waals surface area contributed by atoms with Crippen molar-refractivity contribution >= 4 is 17.4 Å². The number of fused-ring (bicyclic) bond motifs is 2. The van der Waals surface area contributed by atoms with Crippen LogP contribution < -0.4 is 10.2 Å². The van der Waals surface area contributed by atoms with Gasteiger partial charge in [0.15, 0.2) is 11.5 Å². The highest BCUT2D eigenvalue weighted by Gasteiger charge is 2.29. The molecule has 0 radical (unpaired) electrons. The molecule has 1 fully saturated rings. The Morgan fingerprint density at radius 1 is 1.04 bits per heavy atom. The number of aryl methyl sites for hydroxylation is 2. The van der Waals surface area contributed by atoms with E-state index in [1.807, 2.05) is 28.8 Å². The fourth-order valence-corrected chi connectivity index (χ4v) is 3.72. The first-order valence-corrected chi connectivity index (χ1v) is 9.01. The summed E-state index contributed by atoms with van der Waals surface area (Å²) in [5.74, 6) is 2.43. The van der Waals surface area contributed by atoms with Crippen molar-refractivity contribution in [3.63, 3.8) is 0 Å². The highest BCUT2D eigenvalue weighted by atomic mass is 15.3. The smallest absolute Gasteiger partial charge is 0.229 e. The Morgan fingerprint density at radius 3 is 2.92 bits per heavy atom. The minimum atomic E-state index is 0.592. The van der Waals surface area contributed by atoms with E-state index in [1.165, 1.54) is 24.1 Å². The van der Waals surface area contributed by atoms with Gasteiger partial charge in [0.25, 0.3) is 0 Å². The van der Waals surface area contributed by atoms with Gasteiger partial charge < -0.3 is 10.2 Å². The molecule has 1 aliphatic carbocycles.